The highest BCUT2D eigenvalue weighted by Crippen LogP contribution is 2.22. The summed E-state index contributed by atoms with van der Waals surface area (Å²) in [4.78, 5) is 0. The fourth-order valence-corrected chi connectivity index (χ4v) is 1.33. The lowest BCUT2D eigenvalue weighted by Gasteiger charge is -2.02. The minimum absolute atomic E-state index is 0.448. The smallest absolute Gasteiger partial charge is 0.00420 e. The molecular formula is C6H14N2. The second-order valence-corrected chi connectivity index (χ2v) is 2.67. The van der Waals surface area contributed by atoms with Gasteiger partial charge in [0.25, 0.3) is 0 Å². The molecule has 4 N–H and O–H groups in total. The van der Waals surface area contributed by atoms with Crippen LogP contribution in [-0.2, 0) is 0 Å². The van der Waals surface area contributed by atoms with Crippen LogP contribution >= 0.6 is 0 Å². The minimum atomic E-state index is 0.448. The van der Waals surface area contributed by atoms with Gasteiger partial charge in [-0.05, 0) is 31.7 Å². The Morgan fingerprint density at radius 1 is 1.38 bits per heavy atom. The highest BCUT2D eigenvalue weighted by Gasteiger charge is 2.19. The van der Waals surface area contributed by atoms with Crippen molar-refractivity contribution in [3.05, 3.63) is 0 Å². The Kier molecular flexibility index (Phi) is 1.86. The molecule has 1 aliphatic rings. The van der Waals surface area contributed by atoms with Crippen molar-refractivity contribution in [2.24, 2.45) is 17.4 Å². The molecule has 0 aromatic rings. The first-order valence-electron chi connectivity index (χ1n) is 3.28. The Morgan fingerprint density at radius 3 is 2.38 bits per heavy atom. The molecule has 48 valence electrons. The molecule has 0 unspecified atom stereocenters. The summed E-state index contributed by atoms with van der Waals surface area (Å²) in [7, 11) is 0. The van der Waals surface area contributed by atoms with Crippen LogP contribution in [0.25, 0.3) is 0 Å². The summed E-state index contributed by atoms with van der Waals surface area (Å²) in [6.45, 7) is 0.827. The van der Waals surface area contributed by atoms with Crippen LogP contribution in [0.3, 0.4) is 0 Å². The normalized spacial score (nSPS) is 38.2. The van der Waals surface area contributed by atoms with Gasteiger partial charge in [-0.3, -0.25) is 0 Å². The highest BCUT2D eigenvalue weighted by molar-refractivity contribution is 4.77. The molecule has 1 rings (SSSR count). The Hall–Kier alpha value is -0.0800. The Morgan fingerprint density at radius 2 is 2.12 bits per heavy atom. The SMILES string of the molecule is NC[C@@H]1CC[C@@H](N)C1. The molecule has 2 atom stereocenters. The van der Waals surface area contributed by atoms with E-state index >= 15 is 0 Å². The van der Waals surface area contributed by atoms with Crippen LogP contribution in [0.4, 0.5) is 0 Å². The molecule has 1 fully saturated rings. The lowest BCUT2D eigenvalue weighted by Crippen LogP contribution is -2.17. The second kappa shape index (κ2) is 2.46. The minimum Gasteiger partial charge on any atom is -0.330 e. The fraction of sp³-hybridized carbons (Fsp3) is 1.00. The molecule has 0 aromatic heterocycles. The average Bonchev–Trinajstić information content (AvgIpc) is 2.14. The van der Waals surface area contributed by atoms with Crippen molar-refractivity contribution in [2.75, 3.05) is 6.54 Å². The number of nitrogens with two attached hydrogens (primary N) is 2. The monoisotopic (exact) mass is 114 g/mol. The predicted octanol–water partition coefficient (Wildman–Crippen LogP) is 0.0725. The molecule has 0 saturated heterocycles. The molecular weight excluding hydrogens is 100 g/mol. The Balaban J connectivity index is 2.22. The molecule has 0 aliphatic heterocycles. The third-order valence-electron chi connectivity index (χ3n) is 1.92. The van der Waals surface area contributed by atoms with E-state index in [0.29, 0.717) is 6.04 Å². The van der Waals surface area contributed by atoms with Gasteiger partial charge < -0.3 is 11.5 Å². The van der Waals surface area contributed by atoms with Crippen LogP contribution in [0.15, 0.2) is 0 Å². The van der Waals surface area contributed by atoms with Crippen LogP contribution in [0.1, 0.15) is 19.3 Å². The lowest BCUT2D eigenvalue weighted by atomic mass is 10.1. The molecule has 2 heteroatoms. The quantitative estimate of drug-likeness (QED) is 0.507. The van der Waals surface area contributed by atoms with Crippen LogP contribution in [0, 0.1) is 5.92 Å². The van der Waals surface area contributed by atoms with Crippen molar-refractivity contribution < 1.29 is 0 Å². The van der Waals surface area contributed by atoms with E-state index in [9.17, 15) is 0 Å². The van der Waals surface area contributed by atoms with Crippen molar-refractivity contribution in [1.29, 1.82) is 0 Å². The lowest BCUT2D eigenvalue weighted by molar-refractivity contribution is 0.550. The summed E-state index contributed by atoms with van der Waals surface area (Å²) in [5.74, 6) is 0.727. The van der Waals surface area contributed by atoms with Crippen LogP contribution < -0.4 is 11.5 Å². The second-order valence-electron chi connectivity index (χ2n) is 2.67. The van der Waals surface area contributed by atoms with Crippen LogP contribution in [-0.4, -0.2) is 12.6 Å². The standard InChI is InChI=1S/C6H14N2/c7-4-5-1-2-6(8)3-5/h5-6H,1-4,7-8H2/t5-,6-/m1/s1. The fourth-order valence-electron chi connectivity index (χ4n) is 1.33. The van der Waals surface area contributed by atoms with Gasteiger partial charge in [-0.2, -0.15) is 0 Å². The molecule has 0 spiro atoms. The maximum absolute atomic E-state index is 5.65. The summed E-state index contributed by atoms with van der Waals surface area (Å²) in [5, 5.41) is 0. The number of rotatable bonds is 1. The summed E-state index contributed by atoms with van der Waals surface area (Å²) in [6, 6.07) is 0.448. The van der Waals surface area contributed by atoms with Crippen molar-refractivity contribution in [3.8, 4) is 0 Å². The zero-order chi connectivity index (χ0) is 5.98. The zero-order valence-electron chi connectivity index (χ0n) is 5.14. The van der Waals surface area contributed by atoms with E-state index in [2.05, 4.69) is 0 Å². The molecule has 0 aromatic carbocycles. The number of hydrogen-bond acceptors (Lipinski definition) is 2. The van der Waals surface area contributed by atoms with Crippen molar-refractivity contribution in [1.82, 2.24) is 0 Å². The van der Waals surface area contributed by atoms with E-state index in [1.54, 1.807) is 0 Å². The van der Waals surface area contributed by atoms with E-state index in [0.717, 1.165) is 18.9 Å². The van der Waals surface area contributed by atoms with Gasteiger partial charge in [-0.1, -0.05) is 0 Å². The summed E-state index contributed by atoms with van der Waals surface area (Å²) in [6.07, 6.45) is 3.58. The van der Waals surface area contributed by atoms with E-state index in [1.807, 2.05) is 0 Å². The number of hydrogen-bond donors (Lipinski definition) is 2. The van der Waals surface area contributed by atoms with Crippen LogP contribution in [0.2, 0.25) is 0 Å². The van der Waals surface area contributed by atoms with Crippen LogP contribution in [0.5, 0.6) is 0 Å². The van der Waals surface area contributed by atoms with E-state index in [1.165, 1.54) is 12.8 Å². The summed E-state index contributed by atoms with van der Waals surface area (Å²) < 4.78 is 0. The van der Waals surface area contributed by atoms with Gasteiger partial charge in [0.1, 0.15) is 0 Å². The average molecular weight is 114 g/mol. The van der Waals surface area contributed by atoms with E-state index < -0.39 is 0 Å². The highest BCUT2D eigenvalue weighted by atomic mass is 14.7. The Labute approximate surface area is 50.2 Å². The molecule has 0 heterocycles. The first kappa shape index (κ1) is 6.05. The molecule has 0 bridgehead atoms. The third kappa shape index (κ3) is 1.20. The van der Waals surface area contributed by atoms with Gasteiger partial charge in [-0.15, -0.1) is 0 Å². The maximum atomic E-state index is 5.65. The van der Waals surface area contributed by atoms with Crippen molar-refractivity contribution >= 4 is 0 Å². The van der Waals surface area contributed by atoms with Gasteiger partial charge in [0, 0.05) is 6.04 Å². The van der Waals surface area contributed by atoms with Crippen molar-refractivity contribution in [2.45, 2.75) is 25.3 Å². The summed E-state index contributed by atoms with van der Waals surface area (Å²) in [5.41, 5.74) is 11.1. The van der Waals surface area contributed by atoms with Gasteiger partial charge in [-0.25, -0.2) is 0 Å². The molecule has 2 nitrogen and oxygen atoms in total. The molecule has 8 heavy (non-hydrogen) atoms. The van der Waals surface area contributed by atoms with Gasteiger partial charge in [0.05, 0.1) is 0 Å². The molecule has 0 radical (unpaired) electrons. The summed E-state index contributed by atoms with van der Waals surface area (Å²) >= 11 is 0. The Bertz CT molecular complexity index is 72.9. The molecule has 0 amide bonds. The predicted molar refractivity (Wildman–Crippen MR) is 34.4 cm³/mol. The van der Waals surface area contributed by atoms with Gasteiger partial charge in [0.15, 0.2) is 0 Å². The topological polar surface area (TPSA) is 52.0 Å². The molecule has 1 aliphatic carbocycles. The van der Waals surface area contributed by atoms with Gasteiger partial charge >= 0.3 is 0 Å². The van der Waals surface area contributed by atoms with E-state index in [4.69, 9.17) is 11.5 Å². The maximum Gasteiger partial charge on any atom is 0.00420 e. The first-order chi connectivity index (χ1) is 3.83. The third-order valence-corrected chi connectivity index (χ3v) is 1.92. The van der Waals surface area contributed by atoms with Gasteiger partial charge in [0.2, 0.25) is 0 Å². The molecule has 1 saturated carbocycles. The zero-order valence-corrected chi connectivity index (χ0v) is 5.14. The van der Waals surface area contributed by atoms with E-state index in [-0.39, 0.29) is 0 Å². The largest absolute Gasteiger partial charge is 0.330 e. The van der Waals surface area contributed by atoms with Crippen molar-refractivity contribution in [3.63, 3.8) is 0 Å². The first-order valence-corrected chi connectivity index (χ1v) is 3.28.